The first-order chi connectivity index (χ1) is 9.95. The van der Waals surface area contributed by atoms with Gasteiger partial charge in [-0.1, -0.05) is 22.9 Å². The van der Waals surface area contributed by atoms with E-state index in [2.05, 4.69) is 10.5 Å². The fourth-order valence-electron chi connectivity index (χ4n) is 1.92. The van der Waals surface area contributed by atoms with Gasteiger partial charge in [0.2, 0.25) is 0 Å². The van der Waals surface area contributed by atoms with Gasteiger partial charge in [0.25, 0.3) is 0 Å². The summed E-state index contributed by atoms with van der Waals surface area (Å²) in [5.41, 5.74) is 3.56. The molecule has 0 aromatic heterocycles. The Bertz CT molecular complexity index is 643. The normalized spacial score (nSPS) is 14.2. The number of nitrogens with zero attached hydrogens (tertiary/aromatic N) is 1. The molecular weight excluding hydrogens is 268 g/mol. The molecule has 1 aliphatic rings. The molecule has 0 fully saturated rings. The molecule has 0 atom stereocenters. The highest BCUT2D eigenvalue weighted by molar-refractivity contribution is 6.22. The van der Waals surface area contributed by atoms with E-state index in [1.807, 2.05) is 19.1 Å². The van der Waals surface area contributed by atoms with E-state index < -0.39 is 6.09 Å². The first-order valence-electron chi connectivity index (χ1n) is 6.49. The summed E-state index contributed by atoms with van der Waals surface area (Å²) < 4.78 is 0. The van der Waals surface area contributed by atoms with Crippen LogP contribution in [-0.4, -0.2) is 17.6 Å². The maximum Gasteiger partial charge on any atom is 0.437 e. The number of aryl methyl sites for hydroxylation is 1. The Kier molecular flexibility index (Phi) is 4.33. The molecule has 2 rings (SSSR count). The van der Waals surface area contributed by atoms with Gasteiger partial charge in [-0.05, 0) is 56.2 Å². The van der Waals surface area contributed by atoms with Gasteiger partial charge in [-0.25, -0.2) is 4.79 Å². The van der Waals surface area contributed by atoms with Gasteiger partial charge in [-0.2, -0.15) is 0 Å². The van der Waals surface area contributed by atoms with Crippen LogP contribution < -0.4 is 5.32 Å². The highest BCUT2D eigenvalue weighted by atomic mass is 16.7. The van der Waals surface area contributed by atoms with Crippen LogP contribution >= 0.6 is 0 Å². The van der Waals surface area contributed by atoms with Crippen LogP contribution in [0.5, 0.6) is 0 Å². The van der Waals surface area contributed by atoms with Crippen molar-refractivity contribution in [2.75, 3.05) is 5.32 Å². The van der Waals surface area contributed by atoms with Crippen LogP contribution in [0.3, 0.4) is 0 Å². The van der Waals surface area contributed by atoms with Crippen LogP contribution in [0.1, 0.15) is 19.4 Å². The minimum absolute atomic E-state index is 0.0898. The fraction of sp³-hybridized carbons (Fsp3) is 0.188. The standard InChI is InChI=1S/C16H16N2O3/c1-10-4-6-13(7-5-10)17-16(20)21-18-15-11(2)8-14(19)9-12(15)3/h4-9H,1-3H3,(H,17,20). The Morgan fingerprint density at radius 3 is 2.19 bits per heavy atom. The molecule has 21 heavy (non-hydrogen) atoms. The van der Waals surface area contributed by atoms with Crippen LogP contribution in [0.4, 0.5) is 10.5 Å². The smallest absolute Gasteiger partial charge is 0.297 e. The van der Waals surface area contributed by atoms with Crippen LogP contribution in [-0.2, 0) is 9.63 Å². The third-order valence-electron chi connectivity index (χ3n) is 2.98. The summed E-state index contributed by atoms with van der Waals surface area (Å²) in [5, 5.41) is 6.38. The summed E-state index contributed by atoms with van der Waals surface area (Å²) in [6.07, 6.45) is 2.23. The lowest BCUT2D eigenvalue weighted by Crippen LogP contribution is -2.15. The molecule has 0 saturated heterocycles. The highest BCUT2D eigenvalue weighted by Crippen LogP contribution is 2.14. The summed E-state index contributed by atoms with van der Waals surface area (Å²) in [5.74, 6) is -0.0898. The van der Waals surface area contributed by atoms with E-state index in [4.69, 9.17) is 4.84 Å². The number of oxime groups is 1. The number of hydrogen-bond acceptors (Lipinski definition) is 4. The first-order valence-corrected chi connectivity index (χ1v) is 6.49. The zero-order chi connectivity index (χ0) is 15.4. The van der Waals surface area contributed by atoms with Crippen molar-refractivity contribution in [3.05, 3.63) is 53.1 Å². The third kappa shape index (κ3) is 3.89. The van der Waals surface area contributed by atoms with Crippen LogP contribution in [0.2, 0.25) is 0 Å². The molecular formula is C16H16N2O3. The zero-order valence-corrected chi connectivity index (χ0v) is 12.1. The largest absolute Gasteiger partial charge is 0.437 e. The van der Waals surface area contributed by atoms with E-state index in [-0.39, 0.29) is 5.78 Å². The molecule has 5 heteroatoms. The Morgan fingerprint density at radius 1 is 1.05 bits per heavy atom. The molecule has 1 aromatic carbocycles. The van der Waals surface area contributed by atoms with Crippen LogP contribution in [0, 0.1) is 6.92 Å². The number of hydrogen-bond donors (Lipinski definition) is 1. The Balaban J connectivity index is 2.02. The van der Waals surface area contributed by atoms with Crippen molar-refractivity contribution in [1.29, 1.82) is 0 Å². The van der Waals surface area contributed by atoms with Gasteiger partial charge in [-0.3, -0.25) is 14.9 Å². The van der Waals surface area contributed by atoms with E-state index in [9.17, 15) is 9.59 Å². The van der Waals surface area contributed by atoms with Gasteiger partial charge in [-0.15, -0.1) is 0 Å². The molecule has 0 spiro atoms. The summed E-state index contributed by atoms with van der Waals surface area (Å²) in [6.45, 7) is 5.45. The molecule has 108 valence electrons. The van der Waals surface area contributed by atoms with Gasteiger partial charge >= 0.3 is 6.09 Å². The quantitative estimate of drug-likeness (QED) is 0.514. The highest BCUT2D eigenvalue weighted by Gasteiger charge is 2.14. The lowest BCUT2D eigenvalue weighted by molar-refractivity contribution is -0.110. The monoisotopic (exact) mass is 284 g/mol. The molecule has 0 radical (unpaired) electrons. The molecule has 1 aromatic rings. The molecule has 1 N–H and O–H groups in total. The molecule has 0 aliphatic heterocycles. The first kappa shape index (κ1) is 14.7. The molecule has 0 heterocycles. The topological polar surface area (TPSA) is 67.8 Å². The van der Waals surface area contributed by atoms with E-state index >= 15 is 0 Å². The maximum absolute atomic E-state index is 11.7. The van der Waals surface area contributed by atoms with Crippen molar-refractivity contribution in [3.8, 4) is 0 Å². The van der Waals surface area contributed by atoms with Crippen LogP contribution in [0.15, 0.2) is 52.7 Å². The van der Waals surface area contributed by atoms with Crippen molar-refractivity contribution in [3.63, 3.8) is 0 Å². The number of rotatable bonds is 2. The number of amides is 1. The predicted octanol–water partition coefficient (Wildman–Crippen LogP) is 3.37. The van der Waals surface area contributed by atoms with E-state index in [0.717, 1.165) is 5.56 Å². The van der Waals surface area contributed by atoms with Gasteiger partial charge in [0.05, 0.1) is 0 Å². The fourth-order valence-corrected chi connectivity index (χ4v) is 1.92. The number of anilines is 1. The Hall–Kier alpha value is -2.69. The van der Waals surface area contributed by atoms with E-state index in [1.165, 1.54) is 12.2 Å². The Morgan fingerprint density at radius 2 is 1.62 bits per heavy atom. The third-order valence-corrected chi connectivity index (χ3v) is 2.98. The van der Waals surface area contributed by atoms with Crippen molar-refractivity contribution >= 4 is 23.3 Å². The number of ketones is 1. The van der Waals surface area contributed by atoms with Crippen molar-refractivity contribution in [2.45, 2.75) is 20.8 Å². The van der Waals surface area contributed by atoms with Crippen molar-refractivity contribution < 1.29 is 14.4 Å². The number of allylic oxidation sites excluding steroid dienone is 4. The van der Waals surface area contributed by atoms with Gasteiger partial charge in [0.1, 0.15) is 5.71 Å². The second kappa shape index (κ2) is 6.17. The molecule has 0 unspecified atom stereocenters. The van der Waals surface area contributed by atoms with Gasteiger partial charge < -0.3 is 0 Å². The average molecular weight is 284 g/mol. The predicted molar refractivity (Wildman–Crippen MR) is 81.2 cm³/mol. The molecule has 5 nitrogen and oxygen atoms in total. The Labute approximate surface area is 123 Å². The lowest BCUT2D eigenvalue weighted by atomic mass is 9.98. The minimum Gasteiger partial charge on any atom is -0.297 e. The second-order valence-electron chi connectivity index (χ2n) is 4.87. The molecule has 1 amide bonds. The average Bonchev–Trinajstić information content (AvgIpc) is 2.40. The molecule has 0 bridgehead atoms. The van der Waals surface area contributed by atoms with Gasteiger partial charge in [0, 0.05) is 5.69 Å². The maximum atomic E-state index is 11.7. The number of nitrogens with one attached hydrogen (secondary N) is 1. The van der Waals surface area contributed by atoms with Crippen molar-refractivity contribution in [1.82, 2.24) is 0 Å². The second-order valence-corrected chi connectivity index (χ2v) is 4.87. The SMILES string of the molecule is CC1=CC(=O)C=C(C)C1=NOC(=O)Nc1ccc(C)cc1. The van der Waals surface area contributed by atoms with Crippen molar-refractivity contribution in [2.24, 2.45) is 5.16 Å². The summed E-state index contributed by atoms with van der Waals surface area (Å²) in [4.78, 5) is 27.8. The van der Waals surface area contributed by atoms with E-state index in [0.29, 0.717) is 22.5 Å². The number of carbonyl (C=O) groups excluding carboxylic acids is 2. The molecule has 0 saturated carbocycles. The summed E-state index contributed by atoms with van der Waals surface area (Å²) in [6, 6.07) is 7.32. The number of carbonyl (C=O) groups is 2. The summed E-state index contributed by atoms with van der Waals surface area (Å²) >= 11 is 0. The summed E-state index contributed by atoms with van der Waals surface area (Å²) in [7, 11) is 0. The molecule has 1 aliphatic carbocycles. The lowest BCUT2D eigenvalue weighted by Gasteiger charge is -2.10. The van der Waals surface area contributed by atoms with E-state index in [1.54, 1.807) is 26.0 Å². The minimum atomic E-state index is -0.677. The van der Waals surface area contributed by atoms with Gasteiger partial charge in [0.15, 0.2) is 5.78 Å². The zero-order valence-electron chi connectivity index (χ0n) is 12.1. The van der Waals surface area contributed by atoms with Crippen LogP contribution in [0.25, 0.3) is 0 Å². The number of benzene rings is 1.